The van der Waals surface area contributed by atoms with Crippen molar-refractivity contribution < 1.29 is 13.2 Å². The second-order valence-corrected chi connectivity index (χ2v) is 8.85. The highest BCUT2D eigenvalue weighted by molar-refractivity contribution is 7.90. The van der Waals surface area contributed by atoms with Crippen LogP contribution in [0.1, 0.15) is 24.4 Å². The molecular weight excluding hydrogens is 374 g/mol. The Morgan fingerprint density at radius 2 is 2.00 bits per heavy atom. The summed E-state index contributed by atoms with van der Waals surface area (Å²) < 4.78 is 27.5. The first-order valence-electron chi connectivity index (χ1n) is 8.47. The Balaban J connectivity index is 1.60. The Bertz CT molecular complexity index is 931. The van der Waals surface area contributed by atoms with Gasteiger partial charge in [0.05, 0.1) is 17.4 Å². The van der Waals surface area contributed by atoms with Gasteiger partial charge in [-0.25, -0.2) is 8.42 Å². The van der Waals surface area contributed by atoms with Gasteiger partial charge >= 0.3 is 0 Å². The number of allylic oxidation sites excluding steroid dienone is 2. The Kier molecular flexibility index (Phi) is 4.36. The van der Waals surface area contributed by atoms with Crippen LogP contribution < -0.4 is 5.32 Å². The molecule has 1 fully saturated rings. The van der Waals surface area contributed by atoms with Gasteiger partial charge in [-0.1, -0.05) is 23.7 Å². The van der Waals surface area contributed by atoms with Crippen LogP contribution in [0.2, 0.25) is 5.02 Å². The smallest absolute Gasteiger partial charge is 0.256 e. The molecule has 2 heterocycles. The lowest BCUT2D eigenvalue weighted by atomic mass is 10.0. The summed E-state index contributed by atoms with van der Waals surface area (Å²) in [5, 5.41) is 3.70. The van der Waals surface area contributed by atoms with E-state index in [0.717, 1.165) is 18.4 Å². The third-order valence-corrected chi connectivity index (χ3v) is 6.11. The number of rotatable bonds is 4. The van der Waals surface area contributed by atoms with Crippen LogP contribution in [0.5, 0.6) is 0 Å². The zero-order valence-corrected chi connectivity index (χ0v) is 15.5. The summed E-state index contributed by atoms with van der Waals surface area (Å²) >= 11 is 5.96. The van der Waals surface area contributed by atoms with Crippen molar-refractivity contribution in [3.63, 3.8) is 0 Å². The van der Waals surface area contributed by atoms with Gasteiger partial charge in [0.1, 0.15) is 0 Å². The van der Waals surface area contributed by atoms with Crippen LogP contribution in [0.25, 0.3) is 0 Å². The van der Waals surface area contributed by atoms with Gasteiger partial charge in [0, 0.05) is 17.8 Å². The van der Waals surface area contributed by atoms with Crippen LogP contribution in [-0.4, -0.2) is 37.4 Å². The van der Waals surface area contributed by atoms with E-state index in [1.54, 1.807) is 35.4 Å². The zero-order valence-electron chi connectivity index (χ0n) is 13.9. The second kappa shape index (κ2) is 6.55. The SMILES string of the molecule is O=C(NC(c1ccc(Cl)cc1)C1CC1)C1=CC=CN2CCS(=O)(=O)N=C12. The Hall–Kier alpha value is -2.12. The van der Waals surface area contributed by atoms with Gasteiger partial charge in [0.15, 0.2) is 5.84 Å². The molecule has 0 bridgehead atoms. The number of fused-ring (bicyclic) bond motifs is 1. The maximum Gasteiger partial charge on any atom is 0.256 e. The molecule has 0 spiro atoms. The van der Waals surface area contributed by atoms with Crippen LogP contribution >= 0.6 is 11.6 Å². The topological polar surface area (TPSA) is 78.8 Å². The molecule has 1 amide bonds. The van der Waals surface area contributed by atoms with Crippen molar-refractivity contribution in [1.29, 1.82) is 0 Å². The summed E-state index contributed by atoms with van der Waals surface area (Å²) in [6.45, 7) is 0.297. The first kappa shape index (κ1) is 17.3. The minimum Gasteiger partial charge on any atom is -0.345 e. The Morgan fingerprint density at radius 3 is 2.69 bits per heavy atom. The van der Waals surface area contributed by atoms with Crippen LogP contribution in [-0.2, 0) is 14.8 Å². The molecule has 2 aliphatic heterocycles. The first-order chi connectivity index (χ1) is 12.4. The van der Waals surface area contributed by atoms with Crippen LogP contribution in [0.4, 0.5) is 0 Å². The molecular formula is C18H18ClN3O3S. The molecule has 1 aromatic rings. The largest absolute Gasteiger partial charge is 0.345 e. The molecule has 1 N–H and O–H groups in total. The lowest BCUT2D eigenvalue weighted by molar-refractivity contribution is -0.117. The molecule has 1 saturated carbocycles. The van der Waals surface area contributed by atoms with Gasteiger partial charge in [-0.15, -0.1) is 4.40 Å². The van der Waals surface area contributed by atoms with E-state index in [1.165, 1.54) is 0 Å². The molecule has 0 aromatic heterocycles. The second-order valence-electron chi connectivity index (χ2n) is 6.66. The molecule has 1 aliphatic carbocycles. The maximum absolute atomic E-state index is 12.9. The summed E-state index contributed by atoms with van der Waals surface area (Å²) in [5.74, 6) is 0.211. The molecule has 0 saturated heterocycles. The molecule has 1 unspecified atom stereocenters. The molecule has 6 nitrogen and oxygen atoms in total. The molecule has 136 valence electrons. The van der Waals surface area contributed by atoms with Crippen molar-refractivity contribution in [3.05, 3.63) is 58.8 Å². The highest BCUT2D eigenvalue weighted by atomic mass is 35.5. The minimum absolute atomic E-state index is 0.0504. The fourth-order valence-corrected chi connectivity index (χ4v) is 4.30. The standard InChI is InChI=1S/C18H18ClN3O3S/c19-14-7-5-13(6-8-14)16(12-3-4-12)20-18(23)15-2-1-9-22-10-11-26(24,25)21-17(15)22/h1-2,5-9,12,16H,3-4,10-11H2,(H,20,23). The lowest BCUT2D eigenvalue weighted by Crippen LogP contribution is -2.43. The third-order valence-electron chi connectivity index (χ3n) is 4.71. The van der Waals surface area contributed by atoms with Crippen molar-refractivity contribution in [3.8, 4) is 0 Å². The number of nitrogens with one attached hydrogen (secondary N) is 1. The van der Waals surface area contributed by atoms with E-state index >= 15 is 0 Å². The molecule has 26 heavy (non-hydrogen) atoms. The first-order valence-corrected chi connectivity index (χ1v) is 10.5. The number of halogens is 1. The zero-order chi connectivity index (χ0) is 18.3. The van der Waals surface area contributed by atoms with Gasteiger partial charge < -0.3 is 10.2 Å². The quantitative estimate of drug-likeness (QED) is 0.854. The van der Waals surface area contributed by atoms with Crippen LogP contribution in [0.3, 0.4) is 0 Å². The van der Waals surface area contributed by atoms with E-state index < -0.39 is 10.0 Å². The summed E-state index contributed by atoms with van der Waals surface area (Å²) in [6.07, 6.45) is 7.18. The molecule has 0 radical (unpaired) electrons. The summed E-state index contributed by atoms with van der Waals surface area (Å²) in [6, 6.07) is 7.31. The summed E-state index contributed by atoms with van der Waals surface area (Å²) in [4.78, 5) is 14.6. The molecule has 1 atom stereocenters. The van der Waals surface area contributed by atoms with E-state index in [9.17, 15) is 13.2 Å². The highest BCUT2D eigenvalue weighted by Gasteiger charge is 2.36. The average molecular weight is 392 g/mol. The molecule has 1 aromatic carbocycles. The number of amides is 1. The van der Waals surface area contributed by atoms with Crippen LogP contribution in [0, 0.1) is 5.92 Å². The van der Waals surface area contributed by atoms with Crippen molar-refractivity contribution in [1.82, 2.24) is 10.2 Å². The predicted octanol–water partition coefficient (Wildman–Crippen LogP) is 2.40. The number of hydrogen-bond donors (Lipinski definition) is 1. The number of amidine groups is 1. The van der Waals surface area contributed by atoms with E-state index in [0.29, 0.717) is 17.5 Å². The summed E-state index contributed by atoms with van der Waals surface area (Å²) in [7, 11) is -3.53. The summed E-state index contributed by atoms with van der Waals surface area (Å²) in [5.41, 5.74) is 1.27. The van der Waals surface area contributed by atoms with Crippen LogP contribution in [0.15, 0.2) is 52.6 Å². The Morgan fingerprint density at radius 1 is 1.27 bits per heavy atom. The lowest BCUT2D eigenvalue weighted by Gasteiger charge is -2.29. The van der Waals surface area contributed by atoms with Crippen molar-refractivity contribution in [2.75, 3.05) is 12.3 Å². The van der Waals surface area contributed by atoms with Crippen molar-refractivity contribution in [2.45, 2.75) is 18.9 Å². The van der Waals surface area contributed by atoms with Gasteiger partial charge in [-0.3, -0.25) is 4.79 Å². The van der Waals surface area contributed by atoms with E-state index in [4.69, 9.17) is 11.6 Å². The molecule has 3 aliphatic rings. The fourth-order valence-electron chi connectivity index (χ4n) is 3.19. The number of benzene rings is 1. The minimum atomic E-state index is -3.53. The van der Waals surface area contributed by atoms with E-state index in [2.05, 4.69) is 9.71 Å². The molecule has 4 rings (SSSR count). The average Bonchev–Trinajstić information content (AvgIpc) is 3.44. The van der Waals surface area contributed by atoms with Gasteiger partial charge in [0.2, 0.25) is 0 Å². The maximum atomic E-state index is 12.9. The van der Waals surface area contributed by atoms with E-state index in [-0.39, 0.29) is 29.1 Å². The molecule has 8 heteroatoms. The third kappa shape index (κ3) is 3.54. The number of sulfonamides is 1. The number of carbonyl (C=O) groups is 1. The normalized spacial score (nSPS) is 22.1. The Labute approximate surface area is 157 Å². The van der Waals surface area contributed by atoms with Gasteiger partial charge in [0.25, 0.3) is 15.9 Å². The fraction of sp³-hybridized carbons (Fsp3) is 0.333. The van der Waals surface area contributed by atoms with Gasteiger partial charge in [-0.2, -0.15) is 0 Å². The van der Waals surface area contributed by atoms with Gasteiger partial charge in [-0.05, 0) is 48.6 Å². The number of carbonyl (C=O) groups excluding carboxylic acids is 1. The number of nitrogens with zero attached hydrogens (tertiary/aromatic N) is 2. The monoisotopic (exact) mass is 391 g/mol. The highest BCUT2D eigenvalue weighted by Crippen LogP contribution is 2.41. The van der Waals surface area contributed by atoms with Crippen molar-refractivity contribution >= 4 is 33.4 Å². The number of hydrogen-bond acceptors (Lipinski definition) is 4. The predicted molar refractivity (Wildman–Crippen MR) is 100 cm³/mol. The van der Waals surface area contributed by atoms with Crippen molar-refractivity contribution in [2.24, 2.45) is 10.3 Å². The van der Waals surface area contributed by atoms with E-state index in [1.807, 2.05) is 12.1 Å².